The molecule has 0 aliphatic rings. The minimum Gasteiger partial charge on any atom is -0.322 e. The molecule has 0 aromatic heterocycles. The van der Waals surface area contributed by atoms with E-state index in [-0.39, 0.29) is 11.6 Å². The van der Waals surface area contributed by atoms with Crippen molar-refractivity contribution >= 4 is 17.3 Å². The number of carbonyl (C=O) groups excluding carboxylic acids is 1. The van der Waals surface area contributed by atoms with Gasteiger partial charge in [0.05, 0.1) is 16.2 Å². The van der Waals surface area contributed by atoms with Crippen molar-refractivity contribution < 1.29 is 9.72 Å². The second kappa shape index (κ2) is 4.57. The summed E-state index contributed by atoms with van der Waals surface area (Å²) in [5, 5.41) is 13.2. The van der Waals surface area contributed by atoms with E-state index in [4.69, 9.17) is 0 Å². The Balaban J connectivity index is 3.07. The number of nitrogens with zero attached hydrogens (tertiary/aromatic N) is 1. The molecule has 0 unspecified atom stereocenters. The van der Waals surface area contributed by atoms with E-state index in [9.17, 15) is 14.9 Å². The Kier molecular flexibility index (Phi) is 3.40. The summed E-state index contributed by atoms with van der Waals surface area (Å²) < 4.78 is 0. The number of hydrogen-bond acceptors (Lipinski definition) is 3. The molecule has 1 aromatic carbocycles. The van der Waals surface area contributed by atoms with Crippen LogP contribution < -0.4 is 5.32 Å². The molecular weight excluding hydrogens is 208 g/mol. The summed E-state index contributed by atoms with van der Waals surface area (Å²) in [7, 11) is 0. The molecule has 0 saturated heterocycles. The van der Waals surface area contributed by atoms with E-state index < -0.39 is 4.92 Å². The van der Waals surface area contributed by atoms with E-state index in [2.05, 4.69) is 11.9 Å². The molecule has 0 spiro atoms. The van der Waals surface area contributed by atoms with E-state index in [1.54, 1.807) is 19.9 Å². The zero-order valence-corrected chi connectivity index (χ0v) is 9.11. The van der Waals surface area contributed by atoms with Crippen LogP contribution in [0.5, 0.6) is 0 Å². The Morgan fingerprint density at radius 2 is 2.12 bits per heavy atom. The summed E-state index contributed by atoms with van der Waals surface area (Å²) in [5.41, 5.74) is 1.20. The predicted molar refractivity (Wildman–Crippen MR) is 61.3 cm³/mol. The third-order valence-corrected chi connectivity index (χ3v) is 2.14. The number of nitrogens with one attached hydrogen (secondary N) is 1. The number of hydrogen-bond donors (Lipinski definition) is 1. The van der Waals surface area contributed by atoms with Gasteiger partial charge in [-0.05, 0) is 19.9 Å². The van der Waals surface area contributed by atoms with Crippen LogP contribution in [-0.2, 0) is 4.79 Å². The van der Waals surface area contributed by atoms with E-state index in [0.29, 0.717) is 16.8 Å². The van der Waals surface area contributed by atoms with Crippen molar-refractivity contribution in [3.05, 3.63) is 46.0 Å². The van der Waals surface area contributed by atoms with Gasteiger partial charge in [-0.15, -0.1) is 0 Å². The molecule has 16 heavy (non-hydrogen) atoms. The highest BCUT2D eigenvalue weighted by Crippen LogP contribution is 2.25. The van der Waals surface area contributed by atoms with Crippen LogP contribution in [0.2, 0.25) is 0 Å². The van der Waals surface area contributed by atoms with Crippen molar-refractivity contribution in [1.29, 1.82) is 0 Å². The minimum atomic E-state index is -0.480. The molecule has 1 aromatic rings. The number of nitro groups is 1. The average Bonchev–Trinajstić information content (AvgIpc) is 2.20. The maximum atomic E-state index is 11.4. The molecule has 0 radical (unpaired) electrons. The van der Waals surface area contributed by atoms with Gasteiger partial charge >= 0.3 is 0 Å². The number of carbonyl (C=O) groups is 1. The highest BCUT2D eigenvalue weighted by Gasteiger charge is 2.14. The number of benzene rings is 1. The van der Waals surface area contributed by atoms with Crippen LogP contribution in [0.3, 0.4) is 0 Å². The van der Waals surface area contributed by atoms with Crippen LogP contribution in [0.4, 0.5) is 11.4 Å². The normalized spacial score (nSPS) is 9.62. The molecule has 1 rings (SSSR count). The lowest BCUT2D eigenvalue weighted by atomic mass is 10.1. The van der Waals surface area contributed by atoms with Gasteiger partial charge in [-0.2, -0.15) is 0 Å². The first-order chi connectivity index (χ1) is 7.43. The van der Waals surface area contributed by atoms with Crippen molar-refractivity contribution in [1.82, 2.24) is 0 Å². The standard InChI is InChI=1S/C11H12N2O3/c1-7(2)11(14)12-9-5-4-6-10(8(9)3)13(15)16/h4-6H,1H2,2-3H3,(H,12,14). The molecule has 0 fully saturated rings. The summed E-state index contributed by atoms with van der Waals surface area (Å²) >= 11 is 0. The van der Waals surface area contributed by atoms with E-state index in [1.165, 1.54) is 12.1 Å². The first-order valence-corrected chi connectivity index (χ1v) is 4.64. The van der Waals surface area contributed by atoms with Gasteiger partial charge in [-0.3, -0.25) is 14.9 Å². The predicted octanol–water partition coefficient (Wildman–Crippen LogP) is 2.42. The molecule has 0 aliphatic carbocycles. The van der Waals surface area contributed by atoms with Crippen LogP contribution in [0.15, 0.2) is 30.4 Å². The number of rotatable bonds is 3. The largest absolute Gasteiger partial charge is 0.322 e. The molecule has 0 saturated carbocycles. The molecule has 84 valence electrons. The first kappa shape index (κ1) is 11.9. The third kappa shape index (κ3) is 2.44. The summed E-state index contributed by atoms with van der Waals surface area (Å²) in [6.45, 7) is 6.65. The molecular formula is C11H12N2O3. The summed E-state index contributed by atoms with van der Waals surface area (Å²) in [6.07, 6.45) is 0. The molecule has 0 aliphatic heterocycles. The summed E-state index contributed by atoms with van der Waals surface area (Å²) in [6, 6.07) is 4.54. The Bertz CT molecular complexity index is 466. The van der Waals surface area contributed by atoms with Crippen molar-refractivity contribution in [2.45, 2.75) is 13.8 Å². The molecule has 1 N–H and O–H groups in total. The Morgan fingerprint density at radius 3 is 2.62 bits per heavy atom. The second-order valence-electron chi connectivity index (χ2n) is 3.44. The van der Waals surface area contributed by atoms with E-state index in [0.717, 1.165) is 0 Å². The number of amides is 1. The maximum Gasteiger partial charge on any atom is 0.274 e. The fraction of sp³-hybridized carbons (Fsp3) is 0.182. The van der Waals surface area contributed by atoms with Crippen molar-refractivity contribution in [3.63, 3.8) is 0 Å². The van der Waals surface area contributed by atoms with Gasteiger partial charge in [0, 0.05) is 11.6 Å². The monoisotopic (exact) mass is 220 g/mol. The Morgan fingerprint density at radius 1 is 1.50 bits per heavy atom. The van der Waals surface area contributed by atoms with E-state index >= 15 is 0 Å². The quantitative estimate of drug-likeness (QED) is 0.483. The average molecular weight is 220 g/mol. The van der Waals surface area contributed by atoms with Crippen molar-refractivity contribution in [3.8, 4) is 0 Å². The smallest absolute Gasteiger partial charge is 0.274 e. The minimum absolute atomic E-state index is 0.0143. The Hall–Kier alpha value is -2.17. The fourth-order valence-electron chi connectivity index (χ4n) is 1.19. The van der Waals surface area contributed by atoms with Gasteiger partial charge in [0.25, 0.3) is 11.6 Å². The zero-order chi connectivity index (χ0) is 12.3. The SMILES string of the molecule is C=C(C)C(=O)Nc1cccc([N+](=O)[O-])c1C. The van der Waals surface area contributed by atoms with Crippen LogP contribution in [-0.4, -0.2) is 10.8 Å². The first-order valence-electron chi connectivity index (χ1n) is 4.64. The third-order valence-electron chi connectivity index (χ3n) is 2.14. The van der Waals surface area contributed by atoms with Crippen molar-refractivity contribution in [2.75, 3.05) is 5.32 Å². The molecule has 0 atom stereocenters. The van der Waals surface area contributed by atoms with Gasteiger partial charge in [0.1, 0.15) is 0 Å². The van der Waals surface area contributed by atoms with Gasteiger partial charge in [-0.25, -0.2) is 0 Å². The van der Waals surface area contributed by atoms with Crippen LogP contribution in [0.1, 0.15) is 12.5 Å². The number of anilines is 1. The highest BCUT2D eigenvalue weighted by molar-refractivity contribution is 6.03. The highest BCUT2D eigenvalue weighted by atomic mass is 16.6. The van der Waals surface area contributed by atoms with Crippen LogP contribution in [0.25, 0.3) is 0 Å². The molecule has 5 heteroatoms. The molecule has 0 heterocycles. The lowest BCUT2D eigenvalue weighted by Crippen LogP contribution is -2.13. The van der Waals surface area contributed by atoms with Crippen LogP contribution in [0, 0.1) is 17.0 Å². The Labute approximate surface area is 92.9 Å². The molecule has 0 bridgehead atoms. The summed E-state index contributed by atoms with van der Waals surface area (Å²) in [5.74, 6) is -0.344. The molecule has 1 amide bonds. The fourth-order valence-corrected chi connectivity index (χ4v) is 1.19. The van der Waals surface area contributed by atoms with Crippen molar-refractivity contribution in [2.24, 2.45) is 0 Å². The van der Waals surface area contributed by atoms with Crippen LogP contribution >= 0.6 is 0 Å². The van der Waals surface area contributed by atoms with Gasteiger partial charge in [0.2, 0.25) is 0 Å². The van der Waals surface area contributed by atoms with Gasteiger partial charge in [0.15, 0.2) is 0 Å². The topological polar surface area (TPSA) is 72.2 Å². The lowest BCUT2D eigenvalue weighted by molar-refractivity contribution is -0.385. The second-order valence-corrected chi connectivity index (χ2v) is 3.44. The van der Waals surface area contributed by atoms with Gasteiger partial charge < -0.3 is 5.32 Å². The summed E-state index contributed by atoms with van der Waals surface area (Å²) in [4.78, 5) is 21.6. The zero-order valence-electron chi connectivity index (χ0n) is 9.11. The lowest BCUT2D eigenvalue weighted by Gasteiger charge is -2.07. The molecule has 5 nitrogen and oxygen atoms in total. The number of nitro benzene ring substituents is 1. The van der Waals surface area contributed by atoms with E-state index in [1.807, 2.05) is 0 Å². The maximum absolute atomic E-state index is 11.4. The van der Waals surface area contributed by atoms with Gasteiger partial charge in [-0.1, -0.05) is 12.6 Å².